The Hall–Kier alpha value is -1.82. The number of amides is 1. The van der Waals surface area contributed by atoms with Crippen LogP contribution in [0.15, 0.2) is 18.3 Å². The number of nitrogens with one attached hydrogen (secondary N) is 1. The molecule has 0 saturated heterocycles. The zero-order valence-electron chi connectivity index (χ0n) is 11.5. The molecule has 0 aliphatic carbocycles. The Balaban J connectivity index is 2.88. The Morgan fingerprint density at radius 3 is 2.65 bits per heavy atom. The van der Waals surface area contributed by atoms with E-state index < -0.39 is 23.7 Å². The number of hydrogen-bond donors (Lipinski definition) is 2. The van der Waals surface area contributed by atoms with Crippen LogP contribution < -0.4 is 5.32 Å². The lowest BCUT2D eigenvalue weighted by Crippen LogP contribution is -2.36. The van der Waals surface area contributed by atoms with Gasteiger partial charge in [-0.15, -0.1) is 0 Å². The molecule has 0 aliphatic heterocycles. The zero-order chi connectivity index (χ0) is 15.3. The number of pyridine rings is 1. The van der Waals surface area contributed by atoms with Crippen LogP contribution in [0, 0.1) is 0 Å². The number of ether oxygens (including phenoxy) is 1. The lowest BCUT2D eigenvalue weighted by Gasteiger charge is -2.23. The van der Waals surface area contributed by atoms with Gasteiger partial charge in [-0.2, -0.15) is 0 Å². The first-order valence-corrected chi connectivity index (χ1v) is 6.38. The van der Waals surface area contributed by atoms with Crippen LogP contribution in [0.1, 0.15) is 38.9 Å². The Bertz CT molecular complexity index is 499. The van der Waals surface area contributed by atoms with Gasteiger partial charge in [-0.25, -0.2) is 4.79 Å². The molecule has 0 saturated carbocycles. The summed E-state index contributed by atoms with van der Waals surface area (Å²) >= 11 is 5.97. The van der Waals surface area contributed by atoms with E-state index in [-0.39, 0.29) is 11.4 Å². The van der Waals surface area contributed by atoms with E-state index in [0.29, 0.717) is 5.69 Å². The van der Waals surface area contributed by atoms with Gasteiger partial charge in [-0.1, -0.05) is 11.6 Å². The fraction of sp³-hybridized carbons (Fsp3) is 0.462. The van der Waals surface area contributed by atoms with Gasteiger partial charge in [0.15, 0.2) is 0 Å². The van der Waals surface area contributed by atoms with Gasteiger partial charge in [0.05, 0.1) is 23.2 Å². The molecule has 0 fully saturated rings. The molecule has 1 amide bonds. The van der Waals surface area contributed by atoms with Gasteiger partial charge in [0, 0.05) is 6.20 Å². The lowest BCUT2D eigenvalue weighted by atomic mass is 10.1. The second kappa shape index (κ2) is 6.56. The van der Waals surface area contributed by atoms with Crippen LogP contribution in [-0.4, -0.2) is 27.8 Å². The highest BCUT2D eigenvalue weighted by Gasteiger charge is 2.24. The molecule has 0 aliphatic rings. The van der Waals surface area contributed by atoms with Gasteiger partial charge < -0.3 is 15.2 Å². The Morgan fingerprint density at radius 2 is 2.15 bits per heavy atom. The molecule has 2 N–H and O–H groups in total. The summed E-state index contributed by atoms with van der Waals surface area (Å²) in [5.74, 6) is -1.08. The van der Waals surface area contributed by atoms with E-state index >= 15 is 0 Å². The van der Waals surface area contributed by atoms with Crippen LogP contribution in [0.3, 0.4) is 0 Å². The van der Waals surface area contributed by atoms with Crippen LogP contribution in [0.2, 0.25) is 5.02 Å². The van der Waals surface area contributed by atoms with E-state index in [4.69, 9.17) is 21.4 Å². The smallest absolute Gasteiger partial charge is 0.408 e. The van der Waals surface area contributed by atoms with Crippen molar-refractivity contribution < 1.29 is 19.4 Å². The van der Waals surface area contributed by atoms with Crippen LogP contribution in [-0.2, 0) is 9.53 Å². The molecule has 1 rings (SSSR count). The second-order valence-electron chi connectivity index (χ2n) is 5.17. The van der Waals surface area contributed by atoms with E-state index in [1.54, 1.807) is 32.9 Å². The number of carbonyl (C=O) groups excluding carboxylic acids is 1. The summed E-state index contributed by atoms with van der Waals surface area (Å²) in [6.07, 6.45) is 0.425. The maximum Gasteiger partial charge on any atom is 0.408 e. The van der Waals surface area contributed by atoms with Crippen molar-refractivity contribution in [2.75, 3.05) is 0 Å². The van der Waals surface area contributed by atoms with Crippen LogP contribution in [0.25, 0.3) is 0 Å². The fourth-order valence-corrected chi connectivity index (χ4v) is 1.75. The zero-order valence-corrected chi connectivity index (χ0v) is 12.3. The molecule has 0 unspecified atom stereocenters. The van der Waals surface area contributed by atoms with Gasteiger partial charge in [-0.3, -0.25) is 9.78 Å². The minimum absolute atomic E-state index is 0.287. The molecule has 6 nitrogen and oxygen atoms in total. The number of aromatic nitrogens is 1. The number of nitrogens with zero attached hydrogens (tertiary/aromatic N) is 1. The lowest BCUT2D eigenvalue weighted by molar-refractivity contribution is -0.137. The topological polar surface area (TPSA) is 88.5 Å². The second-order valence-corrected chi connectivity index (χ2v) is 5.57. The monoisotopic (exact) mass is 300 g/mol. The maximum absolute atomic E-state index is 11.7. The molecule has 1 atom stereocenters. The highest BCUT2D eigenvalue weighted by atomic mass is 35.5. The number of hydrogen-bond acceptors (Lipinski definition) is 4. The van der Waals surface area contributed by atoms with Gasteiger partial charge in [0.25, 0.3) is 0 Å². The number of aliphatic carboxylic acids is 1. The molecule has 0 radical (unpaired) electrons. The average Bonchev–Trinajstić information content (AvgIpc) is 2.25. The summed E-state index contributed by atoms with van der Waals surface area (Å²) in [6.45, 7) is 5.14. The molecule has 110 valence electrons. The van der Waals surface area contributed by atoms with E-state index in [2.05, 4.69) is 10.3 Å². The fourth-order valence-electron chi connectivity index (χ4n) is 1.49. The predicted octanol–water partition coefficient (Wildman–Crippen LogP) is 2.78. The molecule has 1 aromatic rings. The highest BCUT2D eigenvalue weighted by Crippen LogP contribution is 2.23. The normalized spacial score (nSPS) is 12.6. The number of alkyl carbamates (subject to hydrolysis) is 1. The molecular weight excluding hydrogens is 284 g/mol. The molecule has 0 aromatic carbocycles. The van der Waals surface area contributed by atoms with Gasteiger partial charge in [0.1, 0.15) is 5.60 Å². The number of rotatable bonds is 4. The number of carbonyl (C=O) groups is 2. The highest BCUT2D eigenvalue weighted by molar-refractivity contribution is 6.31. The van der Waals surface area contributed by atoms with Crippen molar-refractivity contribution in [3.8, 4) is 0 Å². The molecular formula is C13H17ClN2O4. The molecule has 20 heavy (non-hydrogen) atoms. The molecule has 0 spiro atoms. The third-order valence-electron chi connectivity index (χ3n) is 2.19. The van der Waals surface area contributed by atoms with Crippen molar-refractivity contribution in [2.45, 2.75) is 38.8 Å². The Kier molecular flexibility index (Phi) is 5.33. The SMILES string of the molecule is CC(C)(C)OC(=O)N[C@@H](CC(=O)O)c1ncccc1Cl. The van der Waals surface area contributed by atoms with Crippen LogP contribution in [0.5, 0.6) is 0 Å². The quantitative estimate of drug-likeness (QED) is 0.892. The third kappa shape index (κ3) is 5.44. The number of carboxylic acids is 1. The average molecular weight is 301 g/mol. The van der Waals surface area contributed by atoms with Crippen LogP contribution >= 0.6 is 11.6 Å². The first-order chi connectivity index (χ1) is 9.19. The maximum atomic E-state index is 11.7. The Morgan fingerprint density at radius 1 is 1.50 bits per heavy atom. The summed E-state index contributed by atoms with van der Waals surface area (Å²) in [5, 5.41) is 11.7. The predicted molar refractivity (Wildman–Crippen MR) is 73.6 cm³/mol. The molecule has 1 heterocycles. The van der Waals surface area contributed by atoms with E-state index in [9.17, 15) is 9.59 Å². The summed E-state index contributed by atoms with van der Waals surface area (Å²) in [5.41, 5.74) is -0.381. The molecule has 7 heteroatoms. The van der Waals surface area contributed by atoms with Crippen LogP contribution in [0.4, 0.5) is 4.79 Å². The summed E-state index contributed by atoms with van der Waals surface area (Å²) in [6, 6.07) is 2.35. The minimum atomic E-state index is -1.08. The number of carboxylic acid groups (broad SMARTS) is 1. The van der Waals surface area contributed by atoms with Crippen molar-refractivity contribution in [3.05, 3.63) is 29.0 Å². The standard InChI is InChI=1S/C13H17ClN2O4/c1-13(2,3)20-12(19)16-9(7-10(17)18)11-8(14)5-4-6-15-11/h4-6,9H,7H2,1-3H3,(H,16,19)(H,17,18)/t9-/m0/s1. The van der Waals surface area contributed by atoms with Gasteiger partial charge in [0.2, 0.25) is 0 Å². The van der Waals surface area contributed by atoms with Crippen molar-refractivity contribution >= 4 is 23.7 Å². The van der Waals surface area contributed by atoms with Gasteiger partial charge in [-0.05, 0) is 32.9 Å². The summed E-state index contributed by atoms with van der Waals surface area (Å²) < 4.78 is 5.10. The van der Waals surface area contributed by atoms with E-state index in [0.717, 1.165) is 0 Å². The van der Waals surface area contributed by atoms with Crippen molar-refractivity contribution in [1.82, 2.24) is 10.3 Å². The van der Waals surface area contributed by atoms with Crippen molar-refractivity contribution in [3.63, 3.8) is 0 Å². The van der Waals surface area contributed by atoms with Crippen molar-refractivity contribution in [2.24, 2.45) is 0 Å². The first kappa shape index (κ1) is 16.2. The minimum Gasteiger partial charge on any atom is -0.481 e. The van der Waals surface area contributed by atoms with E-state index in [1.807, 2.05) is 0 Å². The largest absolute Gasteiger partial charge is 0.481 e. The third-order valence-corrected chi connectivity index (χ3v) is 2.51. The molecule has 0 bridgehead atoms. The number of halogens is 1. The molecule has 1 aromatic heterocycles. The van der Waals surface area contributed by atoms with E-state index in [1.165, 1.54) is 6.20 Å². The summed E-state index contributed by atoms with van der Waals surface area (Å²) in [4.78, 5) is 26.7. The Labute approximate surface area is 122 Å². The first-order valence-electron chi connectivity index (χ1n) is 6.01. The summed E-state index contributed by atoms with van der Waals surface area (Å²) in [7, 11) is 0. The van der Waals surface area contributed by atoms with Crippen molar-refractivity contribution in [1.29, 1.82) is 0 Å². The van der Waals surface area contributed by atoms with Gasteiger partial charge >= 0.3 is 12.1 Å².